The van der Waals surface area contributed by atoms with Gasteiger partial charge in [0.2, 0.25) is 0 Å². The highest BCUT2D eigenvalue weighted by Gasteiger charge is 2.68. The first-order valence-electron chi connectivity index (χ1n) is 11.0. The molecule has 0 radical (unpaired) electrons. The highest BCUT2D eigenvalue weighted by atomic mass is 16.5. The van der Waals surface area contributed by atoms with Gasteiger partial charge in [0.1, 0.15) is 12.7 Å². The largest absolute Gasteiger partial charge is 0.463 e. The average Bonchev–Trinajstić information content (AvgIpc) is 2.91. The SMILES string of the molecule is CC(=O)OC[C@H](O)[C@]1(O)CC[C@@H]2[C@H]3CCC4=CC(=O)CC[C@]4(C)[C@@H]3[C@@H](O)C[C@@]21C. The van der Waals surface area contributed by atoms with E-state index in [-0.39, 0.29) is 35.6 Å². The second-order valence-electron chi connectivity index (χ2n) is 10.4. The molecule has 3 N–H and O–H groups in total. The molecule has 4 aliphatic carbocycles. The molecule has 0 unspecified atom stereocenters. The van der Waals surface area contributed by atoms with Crippen LogP contribution >= 0.6 is 0 Å². The Morgan fingerprint density at radius 1 is 1.28 bits per heavy atom. The molecule has 0 aromatic carbocycles. The average molecular weight is 407 g/mol. The molecule has 3 saturated carbocycles. The van der Waals surface area contributed by atoms with E-state index in [1.54, 1.807) is 0 Å². The fourth-order valence-corrected chi connectivity index (χ4v) is 7.61. The van der Waals surface area contributed by atoms with Gasteiger partial charge in [-0.1, -0.05) is 19.4 Å². The Balaban J connectivity index is 1.65. The lowest BCUT2D eigenvalue weighted by molar-refractivity contribution is -0.210. The molecule has 162 valence electrons. The summed E-state index contributed by atoms with van der Waals surface area (Å²) in [6.45, 7) is 5.24. The van der Waals surface area contributed by atoms with Gasteiger partial charge < -0.3 is 20.1 Å². The van der Waals surface area contributed by atoms with Gasteiger partial charge in [0.25, 0.3) is 0 Å². The van der Waals surface area contributed by atoms with E-state index in [9.17, 15) is 24.9 Å². The molecular formula is C23H34O6. The van der Waals surface area contributed by atoms with Crippen LogP contribution in [-0.4, -0.2) is 51.5 Å². The Morgan fingerprint density at radius 2 is 2.00 bits per heavy atom. The van der Waals surface area contributed by atoms with Crippen molar-refractivity contribution in [3.63, 3.8) is 0 Å². The number of hydrogen-bond donors (Lipinski definition) is 3. The van der Waals surface area contributed by atoms with Crippen molar-refractivity contribution < 1.29 is 29.6 Å². The number of carbonyl (C=O) groups is 2. The second kappa shape index (κ2) is 6.89. The maximum Gasteiger partial charge on any atom is 0.302 e. The minimum absolute atomic E-state index is 0.0710. The zero-order valence-electron chi connectivity index (χ0n) is 17.7. The lowest BCUT2D eigenvalue weighted by Crippen LogP contribution is -2.63. The van der Waals surface area contributed by atoms with Crippen molar-refractivity contribution in [2.24, 2.45) is 28.6 Å². The van der Waals surface area contributed by atoms with Crippen LogP contribution < -0.4 is 0 Å². The normalized spacial score (nSPS) is 47.5. The van der Waals surface area contributed by atoms with Crippen molar-refractivity contribution in [1.82, 2.24) is 0 Å². The molecule has 0 aliphatic heterocycles. The van der Waals surface area contributed by atoms with Crippen LogP contribution in [0.3, 0.4) is 0 Å². The molecule has 29 heavy (non-hydrogen) atoms. The van der Waals surface area contributed by atoms with Gasteiger partial charge in [-0.15, -0.1) is 0 Å². The van der Waals surface area contributed by atoms with Crippen molar-refractivity contribution in [3.8, 4) is 0 Å². The van der Waals surface area contributed by atoms with Gasteiger partial charge in [-0.3, -0.25) is 9.59 Å². The number of carbonyl (C=O) groups excluding carboxylic acids is 2. The number of ether oxygens (including phenoxy) is 1. The second-order valence-corrected chi connectivity index (χ2v) is 10.4. The highest BCUT2D eigenvalue weighted by molar-refractivity contribution is 5.91. The van der Waals surface area contributed by atoms with Gasteiger partial charge in [0, 0.05) is 18.8 Å². The van der Waals surface area contributed by atoms with Crippen molar-refractivity contribution >= 4 is 11.8 Å². The monoisotopic (exact) mass is 406 g/mol. The van der Waals surface area contributed by atoms with E-state index in [1.165, 1.54) is 12.5 Å². The van der Waals surface area contributed by atoms with Crippen molar-refractivity contribution in [2.75, 3.05) is 6.61 Å². The Hall–Kier alpha value is -1.24. The molecule has 6 heteroatoms. The van der Waals surface area contributed by atoms with Crippen LogP contribution in [0.25, 0.3) is 0 Å². The molecule has 4 rings (SSSR count). The van der Waals surface area contributed by atoms with Gasteiger partial charge in [0.15, 0.2) is 5.78 Å². The number of fused-ring (bicyclic) bond motifs is 5. The predicted octanol–water partition coefficient (Wildman–Crippen LogP) is 2.14. The Labute approximate surface area is 172 Å². The summed E-state index contributed by atoms with van der Waals surface area (Å²) >= 11 is 0. The summed E-state index contributed by atoms with van der Waals surface area (Å²) in [6, 6.07) is 0. The standard InChI is InChI=1S/C23H34O6/c1-13(24)29-12-19(27)23(28)9-7-17-16-5-4-14-10-15(25)6-8-21(14,2)20(16)18(26)11-22(17,23)3/h10,16-20,26-28H,4-9,11-12H2,1-3H3/t16-,17-,18+,19+,20+,21+,22+,23-/m1/s1. The summed E-state index contributed by atoms with van der Waals surface area (Å²) in [5.74, 6) is 0.205. The molecule has 0 spiro atoms. The van der Waals surface area contributed by atoms with Crippen LogP contribution in [0.4, 0.5) is 0 Å². The highest BCUT2D eigenvalue weighted by Crippen LogP contribution is 2.68. The minimum Gasteiger partial charge on any atom is -0.463 e. The maximum atomic E-state index is 12.0. The van der Waals surface area contributed by atoms with E-state index in [1.807, 2.05) is 13.0 Å². The summed E-state index contributed by atoms with van der Waals surface area (Å²) < 4.78 is 4.99. The van der Waals surface area contributed by atoms with E-state index in [0.29, 0.717) is 19.3 Å². The van der Waals surface area contributed by atoms with Gasteiger partial charge >= 0.3 is 5.97 Å². The molecule has 0 aromatic heterocycles. The van der Waals surface area contributed by atoms with Gasteiger partial charge in [-0.25, -0.2) is 0 Å². The Kier molecular flexibility index (Phi) is 4.99. The van der Waals surface area contributed by atoms with E-state index in [2.05, 4.69) is 6.92 Å². The molecular weight excluding hydrogens is 372 g/mol. The molecule has 0 aromatic rings. The molecule has 8 atom stereocenters. The van der Waals surface area contributed by atoms with Gasteiger partial charge in [-0.05, 0) is 67.8 Å². The first-order valence-corrected chi connectivity index (χ1v) is 11.0. The van der Waals surface area contributed by atoms with Crippen LogP contribution in [-0.2, 0) is 14.3 Å². The number of allylic oxidation sites excluding steroid dienone is 1. The summed E-state index contributed by atoms with van der Waals surface area (Å²) in [5, 5.41) is 33.6. The number of ketones is 1. The number of rotatable bonds is 3. The topological polar surface area (TPSA) is 104 Å². The summed E-state index contributed by atoms with van der Waals surface area (Å²) in [4.78, 5) is 23.1. The number of aliphatic hydroxyl groups excluding tert-OH is 2. The molecule has 0 heterocycles. The summed E-state index contributed by atoms with van der Waals surface area (Å²) in [7, 11) is 0. The fourth-order valence-electron chi connectivity index (χ4n) is 7.61. The molecule has 0 amide bonds. The van der Waals surface area contributed by atoms with E-state index in [0.717, 1.165) is 25.7 Å². The third-order valence-electron chi connectivity index (χ3n) is 9.11. The number of aliphatic hydroxyl groups is 3. The summed E-state index contributed by atoms with van der Waals surface area (Å²) in [6.07, 6.45) is 4.72. The van der Waals surface area contributed by atoms with E-state index >= 15 is 0 Å². The van der Waals surface area contributed by atoms with Crippen LogP contribution in [0, 0.1) is 28.6 Å². The smallest absolute Gasteiger partial charge is 0.302 e. The Bertz CT molecular complexity index is 746. The van der Waals surface area contributed by atoms with E-state index in [4.69, 9.17) is 4.74 Å². The van der Waals surface area contributed by atoms with E-state index < -0.39 is 29.2 Å². The first-order chi connectivity index (χ1) is 13.5. The van der Waals surface area contributed by atoms with Gasteiger partial charge in [-0.2, -0.15) is 0 Å². The van der Waals surface area contributed by atoms with Crippen LogP contribution in [0.15, 0.2) is 11.6 Å². The van der Waals surface area contributed by atoms with Crippen LogP contribution in [0.2, 0.25) is 0 Å². The summed E-state index contributed by atoms with van der Waals surface area (Å²) in [5.41, 5.74) is -1.02. The predicted molar refractivity (Wildman–Crippen MR) is 106 cm³/mol. The molecule has 4 aliphatic rings. The zero-order valence-corrected chi connectivity index (χ0v) is 17.7. The molecule has 0 saturated heterocycles. The third kappa shape index (κ3) is 2.94. The minimum atomic E-state index is -1.39. The zero-order chi connectivity index (χ0) is 21.2. The Morgan fingerprint density at radius 3 is 2.69 bits per heavy atom. The van der Waals surface area contributed by atoms with Crippen molar-refractivity contribution in [2.45, 2.75) is 83.5 Å². The van der Waals surface area contributed by atoms with Crippen LogP contribution in [0.5, 0.6) is 0 Å². The third-order valence-corrected chi connectivity index (χ3v) is 9.11. The molecule has 6 nitrogen and oxygen atoms in total. The van der Waals surface area contributed by atoms with Crippen LogP contribution in [0.1, 0.15) is 65.7 Å². The van der Waals surface area contributed by atoms with Crippen molar-refractivity contribution in [1.29, 1.82) is 0 Å². The maximum absolute atomic E-state index is 12.0. The van der Waals surface area contributed by atoms with Crippen molar-refractivity contribution in [3.05, 3.63) is 11.6 Å². The fraction of sp³-hybridized carbons (Fsp3) is 0.826. The number of hydrogen-bond acceptors (Lipinski definition) is 6. The first kappa shape index (κ1) is 21.0. The quantitative estimate of drug-likeness (QED) is 0.621. The molecule has 0 bridgehead atoms. The molecule has 3 fully saturated rings. The lowest BCUT2D eigenvalue weighted by atomic mass is 9.45. The number of esters is 1. The lowest BCUT2D eigenvalue weighted by Gasteiger charge is -2.61. The van der Waals surface area contributed by atoms with Gasteiger partial charge in [0.05, 0.1) is 11.7 Å².